The van der Waals surface area contributed by atoms with Gasteiger partial charge in [-0.15, -0.1) is 0 Å². The Morgan fingerprint density at radius 2 is 1.72 bits per heavy atom. The Kier molecular flexibility index (Phi) is 9.28. The number of hydrogen-bond donors (Lipinski definition) is 4. The zero-order chi connectivity index (χ0) is 13.8. The molecule has 0 heterocycles. The third-order valence-electron chi connectivity index (χ3n) is 1.97. The van der Waals surface area contributed by atoms with E-state index in [0.717, 1.165) is 6.42 Å². The first kappa shape index (κ1) is 16.2. The van der Waals surface area contributed by atoms with Crippen molar-refractivity contribution in [3.8, 4) is 0 Å². The lowest BCUT2D eigenvalue weighted by Crippen LogP contribution is -2.25. The van der Waals surface area contributed by atoms with E-state index in [9.17, 15) is 14.4 Å². The van der Waals surface area contributed by atoms with Crippen LogP contribution in [0.1, 0.15) is 32.1 Å². The Labute approximate surface area is 104 Å². The molecule has 0 saturated carbocycles. The van der Waals surface area contributed by atoms with Gasteiger partial charge in [-0.25, -0.2) is 4.79 Å². The van der Waals surface area contributed by atoms with Crippen molar-refractivity contribution in [2.75, 3.05) is 13.2 Å². The molecule has 0 aliphatic rings. The Morgan fingerprint density at radius 1 is 1.00 bits per heavy atom. The first-order valence-electron chi connectivity index (χ1n) is 5.61. The molecule has 0 rings (SSSR count). The van der Waals surface area contributed by atoms with E-state index in [4.69, 9.17) is 10.2 Å². The number of carboxylic acid groups (broad SMARTS) is 2. The molecule has 0 bridgehead atoms. The number of aliphatic carboxylic acids is 1. The van der Waals surface area contributed by atoms with E-state index in [0.29, 0.717) is 19.3 Å². The van der Waals surface area contributed by atoms with Gasteiger partial charge >= 0.3 is 12.1 Å². The van der Waals surface area contributed by atoms with Crippen LogP contribution in [-0.4, -0.2) is 41.3 Å². The maximum Gasteiger partial charge on any atom is 0.428 e. The van der Waals surface area contributed by atoms with Crippen LogP contribution < -0.4 is 10.8 Å². The monoisotopic (exact) mass is 262 g/mol. The predicted molar refractivity (Wildman–Crippen MR) is 60.8 cm³/mol. The maximum atomic E-state index is 11.2. The molecule has 0 fully saturated rings. The van der Waals surface area contributed by atoms with Gasteiger partial charge in [0.15, 0.2) is 0 Å². The number of hydrogen-bond acceptors (Lipinski definition) is 4. The average molecular weight is 262 g/mol. The number of carbonyl (C=O) groups is 3. The van der Waals surface area contributed by atoms with Gasteiger partial charge in [0.25, 0.3) is 0 Å². The highest BCUT2D eigenvalue weighted by Gasteiger charge is 2.02. The summed E-state index contributed by atoms with van der Waals surface area (Å²) in [7, 11) is 0. The number of unbranched alkanes of at least 4 members (excludes halogenated alkanes) is 2. The highest BCUT2D eigenvalue weighted by molar-refractivity contribution is 5.76. The number of hydroxylamine groups is 1. The molecule has 0 atom stereocenters. The number of rotatable bonds is 10. The zero-order valence-corrected chi connectivity index (χ0v) is 9.98. The molecule has 0 aromatic carbocycles. The van der Waals surface area contributed by atoms with Gasteiger partial charge in [-0.2, -0.15) is 5.48 Å². The Balaban J connectivity index is 3.25. The second-order valence-corrected chi connectivity index (χ2v) is 3.56. The van der Waals surface area contributed by atoms with Gasteiger partial charge in [-0.3, -0.25) is 14.4 Å². The summed E-state index contributed by atoms with van der Waals surface area (Å²) in [6.07, 6.45) is 1.02. The van der Waals surface area contributed by atoms with Crippen LogP contribution in [-0.2, 0) is 14.4 Å². The molecule has 8 heteroatoms. The second kappa shape index (κ2) is 10.3. The van der Waals surface area contributed by atoms with Crippen molar-refractivity contribution in [3.05, 3.63) is 0 Å². The van der Waals surface area contributed by atoms with Crippen molar-refractivity contribution < 1.29 is 29.4 Å². The minimum absolute atomic E-state index is 0.0829. The van der Waals surface area contributed by atoms with Crippen molar-refractivity contribution in [1.82, 2.24) is 10.8 Å². The van der Waals surface area contributed by atoms with Crippen LogP contribution in [0.2, 0.25) is 0 Å². The van der Waals surface area contributed by atoms with Gasteiger partial charge in [-0.05, 0) is 12.8 Å². The molecule has 0 aliphatic heterocycles. The number of carbonyl (C=O) groups excluding carboxylic acids is 1. The quantitative estimate of drug-likeness (QED) is 0.332. The normalized spacial score (nSPS) is 9.78. The van der Waals surface area contributed by atoms with Gasteiger partial charge in [-0.1, -0.05) is 6.42 Å². The van der Waals surface area contributed by atoms with Crippen LogP contribution in [0.3, 0.4) is 0 Å². The number of nitrogens with one attached hydrogen (secondary N) is 2. The van der Waals surface area contributed by atoms with Crippen molar-refractivity contribution in [2.45, 2.75) is 32.1 Å². The molecule has 2 amide bonds. The summed E-state index contributed by atoms with van der Waals surface area (Å²) in [6, 6.07) is 0. The molecule has 0 unspecified atom stereocenters. The molecule has 0 radical (unpaired) electrons. The van der Waals surface area contributed by atoms with E-state index in [-0.39, 0.29) is 25.5 Å². The molecule has 4 N–H and O–H groups in total. The topological polar surface area (TPSA) is 125 Å². The van der Waals surface area contributed by atoms with Gasteiger partial charge < -0.3 is 15.5 Å². The molecule has 18 heavy (non-hydrogen) atoms. The van der Waals surface area contributed by atoms with Crippen LogP contribution in [0.5, 0.6) is 0 Å². The number of carboxylic acids is 1. The van der Waals surface area contributed by atoms with Crippen molar-refractivity contribution >= 4 is 18.0 Å². The molecule has 0 saturated heterocycles. The van der Waals surface area contributed by atoms with E-state index >= 15 is 0 Å². The summed E-state index contributed by atoms with van der Waals surface area (Å²) in [5.41, 5.74) is 1.77. The summed E-state index contributed by atoms with van der Waals surface area (Å²) in [4.78, 5) is 35.9. The van der Waals surface area contributed by atoms with E-state index in [1.807, 2.05) is 0 Å². The standard InChI is InChI=1S/C10H18N2O6/c13-8(11-6-5-9(14)15)4-2-1-3-7-18-12-10(16)17/h12H,1-7H2,(H,11,13)(H,14,15)(H,16,17). The fraction of sp³-hybridized carbons (Fsp3) is 0.700. The molecule has 0 aromatic rings. The second-order valence-electron chi connectivity index (χ2n) is 3.56. The first-order valence-corrected chi connectivity index (χ1v) is 5.61. The smallest absolute Gasteiger partial charge is 0.428 e. The van der Waals surface area contributed by atoms with E-state index in [2.05, 4.69) is 10.2 Å². The Hall–Kier alpha value is -1.83. The van der Waals surface area contributed by atoms with Crippen LogP contribution in [0, 0.1) is 0 Å². The lowest BCUT2D eigenvalue weighted by atomic mass is 10.2. The summed E-state index contributed by atoms with van der Waals surface area (Å²) in [5, 5.41) is 19.0. The molecule has 104 valence electrons. The van der Waals surface area contributed by atoms with Crippen molar-refractivity contribution in [3.63, 3.8) is 0 Å². The largest absolute Gasteiger partial charge is 0.481 e. The van der Waals surface area contributed by atoms with E-state index in [1.165, 1.54) is 0 Å². The lowest BCUT2D eigenvalue weighted by Gasteiger charge is -2.04. The van der Waals surface area contributed by atoms with Crippen molar-refractivity contribution in [1.29, 1.82) is 0 Å². The minimum atomic E-state index is -1.24. The third kappa shape index (κ3) is 12.2. The lowest BCUT2D eigenvalue weighted by molar-refractivity contribution is -0.136. The average Bonchev–Trinajstić information content (AvgIpc) is 2.26. The number of amides is 2. The Bertz CT molecular complexity index is 282. The van der Waals surface area contributed by atoms with E-state index < -0.39 is 12.1 Å². The highest BCUT2D eigenvalue weighted by atomic mass is 16.7. The molecule has 0 aromatic heterocycles. The molecule has 8 nitrogen and oxygen atoms in total. The molecular formula is C10H18N2O6. The predicted octanol–water partition coefficient (Wildman–Crippen LogP) is 0.337. The van der Waals surface area contributed by atoms with Gasteiger partial charge in [0.1, 0.15) is 0 Å². The summed E-state index contributed by atoms with van der Waals surface area (Å²) in [6.45, 7) is 0.396. The fourth-order valence-electron chi connectivity index (χ4n) is 1.15. The van der Waals surface area contributed by atoms with Gasteiger partial charge in [0.2, 0.25) is 5.91 Å². The van der Waals surface area contributed by atoms with Crippen LogP contribution in [0.15, 0.2) is 0 Å². The summed E-state index contributed by atoms with van der Waals surface area (Å²) >= 11 is 0. The van der Waals surface area contributed by atoms with Crippen LogP contribution >= 0.6 is 0 Å². The third-order valence-corrected chi connectivity index (χ3v) is 1.97. The zero-order valence-electron chi connectivity index (χ0n) is 9.98. The summed E-state index contributed by atoms with van der Waals surface area (Å²) < 4.78 is 0. The first-order chi connectivity index (χ1) is 8.52. The summed E-state index contributed by atoms with van der Waals surface area (Å²) in [5.74, 6) is -1.13. The minimum Gasteiger partial charge on any atom is -0.481 e. The fourth-order valence-corrected chi connectivity index (χ4v) is 1.15. The molecule has 0 aliphatic carbocycles. The van der Waals surface area contributed by atoms with Gasteiger partial charge in [0.05, 0.1) is 13.0 Å². The van der Waals surface area contributed by atoms with Crippen LogP contribution in [0.25, 0.3) is 0 Å². The van der Waals surface area contributed by atoms with E-state index in [1.54, 1.807) is 5.48 Å². The van der Waals surface area contributed by atoms with Crippen LogP contribution in [0.4, 0.5) is 4.79 Å². The maximum absolute atomic E-state index is 11.2. The SMILES string of the molecule is O=C(O)CCNC(=O)CCCCCONC(=O)O. The molecule has 0 spiro atoms. The Morgan fingerprint density at radius 3 is 2.33 bits per heavy atom. The molecular weight excluding hydrogens is 244 g/mol. The van der Waals surface area contributed by atoms with Crippen molar-refractivity contribution in [2.24, 2.45) is 0 Å². The van der Waals surface area contributed by atoms with Gasteiger partial charge in [0, 0.05) is 13.0 Å². The highest BCUT2D eigenvalue weighted by Crippen LogP contribution is 1.99.